The Morgan fingerprint density at radius 3 is 2.54 bits per heavy atom. The standard InChI is InChI=1S/C10H21NO2/c1-4-6-7-13-10(12)9(11)8(3)5-2/h8-9H,4-7,11H2,1-3H3. The summed E-state index contributed by atoms with van der Waals surface area (Å²) >= 11 is 0. The molecule has 0 amide bonds. The zero-order valence-corrected chi connectivity index (χ0v) is 8.88. The second-order valence-corrected chi connectivity index (χ2v) is 3.43. The van der Waals surface area contributed by atoms with Crippen molar-refractivity contribution in [2.45, 2.75) is 46.1 Å². The second kappa shape index (κ2) is 6.89. The van der Waals surface area contributed by atoms with Crippen LogP contribution in [0.1, 0.15) is 40.0 Å². The third-order valence-corrected chi connectivity index (χ3v) is 2.27. The number of ether oxygens (including phenoxy) is 1. The smallest absolute Gasteiger partial charge is 0.323 e. The lowest BCUT2D eigenvalue weighted by atomic mass is 10.0. The minimum Gasteiger partial charge on any atom is -0.465 e. The van der Waals surface area contributed by atoms with E-state index in [4.69, 9.17) is 10.5 Å². The highest BCUT2D eigenvalue weighted by Crippen LogP contribution is 2.06. The van der Waals surface area contributed by atoms with Gasteiger partial charge in [0.2, 0.25) is 0 Å². The number of carbonyl (C=O) groups is 1. The van der Waals surface area contributed by atoms with Crippen molar-refractivity contribution in [1.82, 2.24) is 0 Å². The van der Waals surface area contributed by atoms with E-state index in [1.54, 1.807) is 0 Å². The molecule has 0 fully saturated rings. The highest BCUT2D eigenvalue weighted by atomic mass is 16.5. The van der Waals surface area contributed by atoms with Crippen LogP contribution >= 0.6 is 0 Å². The van der Waals surface area contributed by atoms with E-state index < -0.39 is 6.04 Å². The summed E-state index contributed by atoms with van der Waals surface area (Å²) in [4.78, 5) is 11.3. The molecule has 0 aromatic rings. The van der Waals surface area contributed by atoms with Crippen molar-refractivity contribution in [2.24, 2.45) is 11.7 Å². The SMILES string of the molecule is CCCCOC(=O)C(N)C(C)CC. The van der Waals surface area contributed by atoms with Crippen molar-refractivity contribution in [3.63, 3.8) is 0 Å². The van der Waals surface area contributed by atoms with E-state index in [0.717, 1.165) is 19.3 Å². The first kappa shape index (κ1) is 12.4. The van der Waals surface area contributed by atoms with E-state index in [-0.39, 0.29) is 11.9 Å². The summed E-state index contributed by atoms with van der Waals surface area (Å²) in [5, 5.41) is 0. The van der Waals surface area contributed by atoms with Gasteiger partial charge >= 0.3 is 5.97 Å². The molecule has 3 nitrogen and oxygen atoms in total. The van der Waals surface area contributed by atoms with E-state index in [1.165, 1.54) is 0 Å². The molecule has 2 unspecified atom stereocenters. The Labute approximate surface area is 80.6 Å². The summed E-state index contributed by atoms with van der Waals surface area (Å²) in [6.07, 6.45) is 2.86. The van der Waals surface area contributed by atoms with E-state index in [9.17, 15) is 4.79 Å². The first-order chi connectivity index (χ1) is 6.13. The number of nitrogens with two attached hydrogens (primary N) is 1. The average molecular weight is 187 g/mol. The molecule has 0 aliphatic carbocycles. The fourth-order valence-electron chi connectivity index (χ4n) is 0.900. The number of carbonyl (C=O) groups excluding carboxylic acids is 1. The maximum Gasteiger partial charge on any atom is 0.323 e. The molecule has 0 spiro atoms. The van der Waals surface area contributed by atoms with Crippen LogP contribution < -0.4 is 5.73 Å². The van der Waals surface area contributed by atoms with Crippen LogP contribution in [0.2, 0.25) is 0 Å². The van der Waals surface area contributed by atoms with Crippen molar-refractivity contribution >= 4 is 5.97 Å². The Bertz CT molecular complexity index is 148. The van der Waals surface area contributed by atoms with Gasteiger partial charge in [-0.15, -0.1) is 0 Å². The van der Waals surface area contributed by atoms with Crippen molar-refractivity contribution in [3.8, 4) is 0 Å². The molecule has 0 bridgehead atoms. The lowest BCUT2D eigenvalue weighted by molar-refractivity contribution is -0.146. The highest BCUT2D eigenvalue weighted by molar-refractivity contribution is 5.75. The van der Waals surface area contributed by atoms with E-state index >= 15 is 0 Å². The van der Waals surface area contributed by atoms with Gasteiger partial charge < -0.3 is 10.5 Å². The highest BCUT2D eigenvalue weighted by Gasteiger charge is 2.20. The van der Waals surface area contributed by atoms with Gasteiger partial charge in [-0.25, -0.2) is 0 Å². The van der Waals surface area contributed by atoms with Gasteiger partial charge in [0, 0.05) is 0 Å². The summed E-state index contributed by atoms with van der Waals surface area (Å²) in [5.41, 5.74) is 5.68. The summed E-state index contributed by atoms with van der Waals surface area (Å²) in [6.45, 7) is 6.54. The van der Waals surface area contributed by atoms with Crippen LogP contribution in [-0.4, -0.2) is 18.6 Å². The second-order valence-electron chi connectivity index (χ2n) is 3.43. The minimum absolute atomic E-state index is 0.203. The van der Waals surface area contributed by atoms with Gasteiger partial charge in [0.05, 0.1) is 6.61 Å². The van der Waals surface area contributed by atoms with Crippen molar-refractivity contribution < 1.29 is 9.53 Å². The molecular weight excluding hydrogens is 166 g/mol. The number of hydrogen-bond donors (Lipinski definition) is 1. The molecule has 0 rings (SSSR count). The maximum atomic E-state index is 11.3. The average Bonchev–Trinajstić information content (AvgIpc) is 2.15. The Morgan fingerprint density at radius 2 is 2.08 bits per heavy atom. The molecular formula is C10H21NO2. The molecule has 0 heterocycles. The van der Waals surface area contributed by atoms with Crippen LogP contribution in [0, 0.1) is 5.92 Å². The Morgan fingerprint density at radius 1 is 1.46 bits per heavy atom. The van der Waals surface area contributed by atoms with E-state index in [2.05, 4.69) is 6.92 Å². The van der Waals surface area contributed by atoms with Gasteiger partial charge in [-0.2, -0.15) is 0 Å². The topological polar surface area (TPSA) is 52.3 Å². The molecule has 0 aromatic heterocycles. The summed E-state index contributed by atoms with van der Waals surface area (Å²) in [6, 6.07) is -0.457. The fourth-order valence-corrected chi connectivity index (χ4v) is 0.900. The van der Waals surface area contributed by atoms with Gasteiger partial charge in [0.25, 0.3) is 0 Å². The van der Waals surface area contributed by atoms with Crippen LogP contribution in [-0.2, 0) is 9.53 Å². The van der Waals surface area contributed by atoms with E-state index in [0.29, 0.717) is 6.61 Å². The third kappa shape index (κ3) is 4.88. The van der Waals surface area contributed by atoms with E-state index in [1.807, 2.05) is 13.8 Å². The number of rotatable bonds is 6. The van der Waals surface area contributed by atoms with Crippen LogP contribution in [0.3, 0.4) is 0 Å². The first-order valence-electron chi connectivity index (χ1n) is 5.05. The molecule has 0 saturated heterocycles. The molecule has 0 aliphatic heterocycles. The predicted molar refractivity (Wildman–Crippen MR) is 53.3 cm³/mol. The monoisotopic (exact) mass is 187 g/mol. The van der Waals surface area contributed by atoms with Crippen LogP contribution in [0.15, 0.2) is 0 Å². The van der Waals surface area contributed by atoms with Gasteiger partial charge in [-0.05, 0) is 12.3 Å². The quantitative estimate of drug-likeness (QED) is 0.508. The molecule has 78 valence electrons. The Balaban J connectivity index is 3.69. The Hall–Kier alpha value is -0.570. The predicted octanol–water partition coefficient (Wildman–Crippen LogP) is 1.70. The molecule has 0 radical (unpaired) electrons. The van der Waals surface area contributed by atoms with Crippen molar-refractivity contribution in [3.05, 3.63) is 0 Å². The number of unbranched alkanes of at least 4 members (excludes halogenated alkanes) is 1. The lowest BCUT2D eigenvalue weighted by Gasteiger charge is -2.16. The van der Waals surface area contributed by atoms with Crippen LogP contribution in [0.25, 0.3) is 0 Å². The lowest BCUT2D eigenvalue weighted by Crippen LogP contribution is -2.38. The minimum atomic E-state index is -0.457. The number of esters is 1. The normalized spacial score (nSPS) is 15.1. The zero-order valence-electron chi connectivity index (χ0n) is 8.88. The van der Waals surface area contributed by atoms with Gasteiger partial charge in [0.15, 0.2) is 0 Å². The summed E-state index contributed by atoms with van der Waals surface area (Å²) < 4.78 is 5.00. The third-order valence-electron chi connectivity index (χ3n) is 2.27. The fraction of sp³-hybridized carbons (Fsp3) is 0.900. The Kier molecular flexibility index (Phi) is 6.59. The van der Waals surface area contributed by atoms with Crippen molar-refractivity contribution in [2.75, 3.05) is 6.61 Å². The van der Waals surface area contributed by atoms with Gasteiger partial charge in [-0.3, -0.25) is 4.79 Å². The maximum absolute atomic E-state index is 11.3. The molecule has 0 aliphatic rings. The van der Waals surface area contributed by atoms with Gasteiger partial charge in [0.1, 0.15) is 6.04 Å². The molecule has 0 saturated carbocycles. The molecule has 0 aromatic carbocycles. The van der Waals surface area contributed by atoms with Crippen LogP contribution in [0.5, 0.6) is 0 Å². The largest absolute Gasteiger partial charge is 0.465 e. The summed E-state index contributed by atoms with van der Waals surface area (Å²) in [5.74, 6) is -0.0584. The number of hydrogen-bond acceptors (Lipinski definition) is 3. The van der Waals surface area contributed by atoms with Gasteiger partial charge in [-0.1, -0.05) is 33.6 Å². The van der Waals surface area contributed by atoms with Crippen LogP contribution in [0.4, 0.5) is 0 Å². The van der Waals surface area contributed by atoms with Crippen molar-refractivity contribution in [1.29, 1.82) is 0 Å². The molecule has 2 N–H and O–H groups in total. The molecule has 13 heavy (non-hydrogen) atoms. The molecule has 3 heteroatoms. The first-order valence-corrected chi connectivity index (χ1v) is 5.05. The zero-order chi connectivity index (χ0) is 10.3. The summed E-state index contributed by atoms with van der Waals surface area (Å²) in [7, 11) is 0. The molecule has 2 atom stereocenters.